The van der Waals surface area contributed by atoms with Gasteiger partial charge in [0.1, 0.15) is 0 Å². The molecule has 0 amide bonds. The fourth-order valence-corrected chi connectivity index (χ4v) is 12.0. The Bertz CT molecular complexity index is 4140. The lowest BCUT2D eigenvalue weighted by Crippen LogP contribution is -2.12. The number of aryl methyl sites for hydroxylation is 8. The molecule has 0 saturated carbocycles. The second-order valence-electron chi connectivity index (χ2n) is 21.2. The average molecular weight is 994 g/mol. The highest BCUT2D eigenvalue weighted by molar-refractivity contribution is 6.14. The third kappa shape index (κ3) is 8.52. The molecule has 12 aromatic rings. The number of aromatic nitrogens is 2. The summed E-state index contributed by atoms with van der Waals surface area (Å²) in [7, 11) is 0. The van der Waals surface area contributed by atoms with Crippen LogP contribution in [-0.2, 0) is 6.18 Å². The molecule has 0 unspecified atom stereocenters. The Balaban J connectivity index is 1.29. The first-order valence-electron chi connectivity index (χ1n) is 25.7. The highest BCUT2D eigenvalue weighted by atomic mass is 19.4. The molecule has 0 aliphatic heterocycles. The van der Waals surface area contributed by atoms with Crippen LogP contribution >= 0.6 is 0 Å². The highest BCUT2D eigenvalue weighted by Gasteiger charge is 2.36. The van der Waals surface area contributed by atoms with Gasteiger partial charge >= 0.3 is 6.18 Å². The maximum Gasteiger partial charge on any atom is 0.417 e. The average Bonchev–Trinajstić information content (AvgIpc) is 3.88. The van der Waals surface area contributed by atoms with Gasteiger partial charge in [0.25, 0.3) is 0 Å². The molecule has 370 valence electrons. The van der Waals surface area contributed by atoms with Crippen LogP contribution in [0.3, 0.4) is 0 Å². The van der Waals surface area contributed by atoms with E-state index in [1.807, 2.05) is 0 Å². The third-order valence-corrected chi connectivity index (χ3v) is 15.0. The molecule has 76 heavy (non-hydrogen) atoms. The van der Waals surface area contributed by atoms with E-state index in [1.165, 1.54) is 6.07 Å². The molecule has 2 heterocycles. The van der Waals surface area contributed by atoms with Crippen LogP contribution in [-0.4, -0.2) is 9.13 Å². The summed E-state index contributed by atoms with van der Waals surface area (Å²) in [5.41, 5.74) is 20.9. The number of nitriles is 1. The van der Waals surface area contributed by atoms with Crippen LogP contribution < -0.4 is 0 Å². The molecule has 0 bridgehead atoms. The molecule has 0 spiro atoms. The summed E-state index contributed by atoms with van der Waals surface area (Å²) in [5.74, 6) is 0. The molecule has 0 radical (unpaired) electrons. The predicted molar refractivity (Wildman–Crippen MR) is 310 cm³/mol. The van der Waals surface area contributed by atoms with Crippen LogP contribution in [0.2, 0.25) is 0 Å². The molecule has 0 atom stereocenters. The lowest BCUT2D eigenvalue weighted by atomic mass is 9.95. The van der Waals surface area contributed by atoms with Crippen LogP contribution in [0.1, 0.15) is 55.6 Å². The topological polar surface area (TPSA) is 33.6 Å². The summed E-state index contributed by atoms with van der Waals surface area (Å²) < 4.78 is 53.5. The molecule has 10 aromatic carbocycles. The number of hydrogen-bond acceptors (Lipinski definition) is 1. The molecule has 3 nitrogen and oxygen atoms in total. The monoisotopic (exact) mass is 993 g/mol. The standard InChI is InChI=1S/C70H54F3N3/c1-40-20-41(2)25-54(24-40)49-12-16-58-59-17-13-50(55-26-42(3)21-43(4)27-55)34-65(59)75(64(58)33-49)68-37-62(53-11-9-10-48(32-53)39-74)63(70(71,72)73)38-69(68)76-66-35-51(56-28-44(5)22-45(6)29-56)14-18-60(66)61-19-15-52(36-67(61)76)57-30-46(7)23-47(8)31-57/h9-38H,1-8H3. The van der Waals surface area contributed by atoms with Gasteiger partial charge < -0.3 is 9.13 Å². The summed E-state index contributed by atoms with van der Waals surface area (Å²) in [4.78, 5) is 0. The Labute approximate surface area is 441 Å². The van der Waals surface area contributed by atoms with Gasteiger partial charge in [0.05, 0.1) is 50.6 Å². The van der Waals surface area contributed by atoms with E-state index in [1.54, 1.807) is 30.3 Å². The Morgan fingerprint density at radius 3 is 0.947 bits per heavy atom. The van der Waals surface area contributed by atoms with Gasteiger partial charge in [-0.05, 0) is 160 Å². The molecule has 2 aromatic heterocycles. The van der Waals surface area contributed by atoms with Gasteiger partial charge in [0.15, 0.2) is 0 Å². The minimum absolute atomic E-state index is 0.0260. The Kier molecular flexibility index (Phi) is 11.5. The number of benzene rings is 10. The van der Waals surface area contributed by atoms with E-state index in [0.717, 1.165) is 133 Å². The van der Waals surface area contributed by atoms with Crippen molar-refractivity contribution in [1.29, 1.82) is 5.26 Å². The molecule has 0 aliphatic carbocycles. The fraction of sp³-hybridized carbons (Fsp3) is 0.129. The van der Waals surface area contributed by atoms with Crippen molar-refractivity contribution in [2.75, 3.05) is 0 Å². The van der Waals surface area contributed by atoms with E-state index in [0.29, 0.717) is 16.9 Å². The lowest BCUT2D eigenvalue weighted by Gasteiger charge is -2.23. The zero-order valence-electron chi connectivity index (χ0n) is 43.8. The molecule has 6 heteroatoms. The highest BCUT2D eigenvalue weighted by Crippen LogP contribution is 2.47. The Hall–Kier alpha value is -8.92. The normalized spacial score (nSPS) is 11.9. The minimum Gasteiger partial charge on any atom is -0.307 e. The summed E-state index contributed by atoms with van der Waals surface area (Å²) in [6.45, 7) is 16.7. The van der Waals surface area contributed by atoms with Gasteiger partial charge in [-0.25, -0.2) is 0 Å². The summed E-state index contributed by atoms with van der Waals surface area (Å²) in [6.07, 6.45) is -4.80. The van der Waals surface area contributed by atoms with Crippen LogP contribution in [0.15, 0.2) is 182 Å². The molecule has 0 N–H and O–H groups in total. The molecular weight excluding hydrogens is 940 g/mol. The number of alkyl halides is 3. The van der Waals surface area contributed by atoms with Crippen LogP contribution in [0.5, 0.6) is 0 Å². The minimum atomic E-state index is -4.80. The van der Waals surface area contributed by atoms with E-state index in [4.69, 9.17) is 0 Å². The van der Waals surface area contributed by atoms with Crippen molar-refractivity contribution in [3.63, 3.8) is 0 Å². The maximum atomic E-state index is 16.4. The molecule has 0 aliphatic rings. The zero-order valence-corrected chi connectivity index (χ0v) is 43.8. The lowest BCUT2D eigenvalue weighted by molar-refractivity contribution is -0.137. The number of halogens is 3. The Morgan fingerprint density at radius 2 is 0.645 bits per heavy atom. The number of fused-ring (bicyclic) bond motifs is 6. The van der Waals surface area contributed by atoms with Crippen molar-refractivity contribution in [2.24, 2.45) is 0 Å². The number of rotatable bonds is 7. The van der Waals surface area contributed by atoms with Crippen molar-refractivity contribution in [3.05, 3.63) is 238 Å². The van der Waals surface area contributed by atoms with Crippen molar-refractivity contribution >= 4 is 43.6 Å². The molecular formula is C70H54F3N3. The van der Waals surface area contributed by atoms with Crippen molar-refractivity contribution in [3.8, 4) is 73.1 Å². The van der Waals surface area contributed by atoms with Gasteiger partial charge in [-0.2, -0.15) is 18.4 Å². The smallest absolute Gasteiger partial charge is 0.307 e. The molecule has 12 rings (SSSR count). The first-order chi connectivity index (χ1) is 36.5. The van der Waals surface area contributed by atoms with E-state index in [9.17, 15) is 5.26 Å². The SMILES string of the molecule is Cc1cc(C)cc(-c2ccc3c4ccc(-c5cc(C)cc(C)c5)cc4n(-c4cc(-c5cccc(C#N)c5)c(C(F)(F)F)cc4-n4c5cc(-c6cc(C)cc(C)c6)ccc5c5ccc(-c6cc(C)cc(C)c6)cc54)c3c2)c1. The molecule has 0 fully saturated rings. The molecule has 0 saturated heterocycles. The van der Waals surface area contributed by atoms with Crippen molar-refractivity contribution in [1.82, 2.24) is 9.13 Å². The summed E-state index contributed by atoms with van der Waals surface area (Å²) in [5, 5.41) is 13.9. The largest absolute Gasteiger partial charge is 0.417 e. The third-order valence-electron chi connectivity index (χ3n) is 15.0. The van der Waals surface area contributed by atoms with Crippen LogP contribution in [0.4, 0.5) is 13.2 Å². The van der Waals surface area contributed by atoms with E-state index in [-0.39, 0.29) is 11.1 Å². The van der Waals surface area contributed by atoms with Crippen molar-refractivity contribution in [2.45, 2.75) is 61.6 Å². The van der Waals surface area contributed by atoms with Gasteiger partial charge in [-0.15, -0.1) is 0 Å². The zero-order chi connectivity index (χ0) is 52.9. The van der Waals surface area contributed by atoms with Gasteiger partial charge in [-0.1, -0.05) is 178 Å². The second kappa shape index (κ2) is 18.2. The summed E-state index contributed by atoms with van der Waals surface area (Å²) >= 11 is 0. The van der Waals surface area contributed by atoms with Gasteiger partial charge in [-0.3, -0.25) is 0 Å². The van der Waals surface area contributed by atoms with E-state index < -0.39 is 11.7 Å². The second-order valence-corrected chi connectivity index (χ2v) is 21.2. The first kappa shape index (κ1) is 48.0. The van der Waals surface area contributed by atoms with Gasteiger partial charge in [0.2, 0.25) is 0 Å². The van der Waals surface area contributed by atoms with E-state index >= 15 is 13.2 Å². The quantitative estimate of drug-likeness (QED) is 0.157. The summed E-state index contributed by atoms with van der Waals surface area (Å²) in [6, 6.07) is 63.6. The number of hydrogen-bond donors (Lipinski definition) is 0. The van der Waals surface area contributed by atoms with E-state index in [2.05, 4.69) is 216 Å². The predicted octanol–water partition coefficient (Wildman–Crippen LogP) is 19.6. The first-order valence-corrected chi connectivity index (χ1v) is 25.7. The van der Waals surface area contributed by atoms with Gasteiger partial charge in [0, 0.05) is 21.5 Å². The van der Waals surface area contributed by atoms with Crippen LogP contribution in [0, 0.1) is 66.7 Å². The maximum absolute atomic E-state index is 16.4. The van der Waals surface area contributed by atoms with Crippen LogP contribution in [0.25, 0.3) is 111 Å². The van der Waals surface area contributed by atoms with Crippen molar-refractivity contribution < 1.29 is 13.2 Å². The fourth-order valence-electron chi connectivity index (χ4n) is 12.0. The number of nitrogens with zero attached hydrogens (tertiary/aromatic N) is 3. The Morgan fingerprint density at radius 1 is 0.329 bits per heavy atom.